The summed E-state index contributed by atoms with van der Waals surface area (Å²) < 4.78 is 0.657. The van der Waals surface area contributed by atoms with Gasteiger partial charge in [-0.1, -0.05) is 18.2 Å². The van der Waals surface area contributed by atoms with E-state index >= 15 is 0 Å². The zero-order valence-electron chi connectivity index (χ0n) is 10.6. The maximum absolute atomic E-state index is 8.83. The highest BCUT2D eigenvalue weighted by Gasteiger charge is 2.16. The smallest absolute Gasteiger partial charge is 0.159 e. The molecule has 3 N–H and O–H groups in total. The Bertz CT molecular complexity index is 610. The molecule has 7 heteroatoms. The van der Waals surface area contributed by atoms with Gasteiger partial charge in [0.15, 0.2) is 11.6 Å². The molecule has 0 amide bonds. The van der Waals surface area contributed by atoms with E-state index < -0.39 is 0 Å². The van der Waals surface area contributed by atoms with Crippen LogP contribution in [0.1, 0.15) is 6.42 Å². The number of nitrogens with one attached hydrogen (secondary N) is 1. The molecule has 0 spiro atoms. The van der Waals surface area contributed by atoms with Crippen molar-refractivity contribution in [3.63, 3.8) is 0 Å². The fourth-order valence-electron chi connectivity index (χ4n) is 1.78. The SMILES string of the molecule is N#CCCN(c1ccccc1)c1ncnc(NN)c1Br. The zero-order valence-corrected chi connectivity index (χ0v) is 12.2. The third-order valence-electron chi connectivity index (χ3n) is 2.68. The van der Waals surface area contributed by atoms with Crippen LogP contribution in [0.3, 0.4) is 0 Å². The molecule has 0 saturated heterocycles. The van der Waals surface area contributed by atoms with Crippen LogP contribution in [0, 0.1) is 11.3 Å². The Morgan fingerprint density at radius 3 is 2.70 bits per heavy atom. The van der Waals surface area contributed by atoms with Gasteiger partial charge in [0.1, 0.15) is 10.8 Å². The minimum Gasteiger partial charge on any atom is -0.324 e. The van der Waals surface area contributed by atoms with Gasteiger partial charge in [-0.25, -0.2) is 15.8 Å². The molecule has 2 aromatic rings. The van der Waals surface area contributed by atoms with Crippen molar-refractivity contribution in [2.75, 3.05) is 16.9 Å². The van der Waals surface area contributed by atoms with Gasteiger partial charge in [-0.15, -0.1) is 0 Å². The lowest BCUT2D eigenvalue weighted by Gasteiger charge is -2.24. The quantitative estimate of drug-likeness (QED) is 0.646. The number of hydrogen-bond donors (Lipinski definition) is 2. The highest BCUT2D eigenvalue weighted by atomic mass is 79.9. The van der Waals surface area contributed by atoms with E-state index in [0.717, 1.165) is 5.69 Å². The highest BCUT2D eigenvalue weighted by molar-refractivity contribution is 9.10. The lowest BCUT2D eigenvalue weighted by atomic mass is 10.2. The zero-order chi connectivity index (χ0) is 14.4. The van der Waals surface area contributed by atoms with E-state index in [0.29, 0.717) is 29.1 Å². The summed E-state index contributed by atoms with van der Waals surface area (Å²) in [5.41, 5.74) is 3.46. The summed E-state index contributed by atoms with van der Waals surface area (Å²) in [6.07, 6.45) is 1.81. The molecule has 6 nitrogen and oxygen atoms in total. The van der Waals surface area contributed by atoms with Gasteiger partial charge in [0, 0.05) is 12.2 Å². The van der Waals surface area contributed by atoms with E-state index in [1.807, 2.05) is 35.2 Å². The third-order valence-corrected chi connectivity index (χ3v) is 3.41. The number of rotatable bonds is 5. The summed E-state index contributed by atoms with van der Waals surface area (Å²) in [6, 6.07) is 11.9. The minimum atomic E-state index is 0.386. The lowest BCUT2D eigenvalue weighted by molar-refractivity contribution is 0.915. The van der Waals surface area contributed by atoms with Crippen molar-refractivity contribution < 1.29 is 0 Å². The molecule has 0 bridgehead atoms. The van der Waals surface area contributed by atoms with Gasteiger partial charge in [0.05, 0.1) is 12.5 Å². The maximum atomic E-state index is 8.83. The van der Waals surface area contributed by atoms with E-state index in [1.165, 1.54) is 6.33 Å². The summed E-state index contributed by atoms with van der Waals surface area (Å²) in [6.45, 7) is 0.528. The average molecular weight is 333 g/mol. The molecule has 1 heterocycles. The Balaban J connectivity index is 2.44. The van der Waals surface area contributed by atoms with Gasteiger partial charge in [-0.2, -0.15) is 5.26 Å². The molecular formula is C13H13BrN6. The molecular weight excluding hydrogens is 320 g/mol. The summed E-state index contributed by atoms with van der Waals surface area (Å²) in [5.74, 6) is 6.57. The molecule has 0 atom stereocenters. The van der Waals surface area contributed by atoms with Crippen molar-refractivity contribution in [2.45, 2.75) is 6.42 Å². The van der Waals surface area contributed by atoms with Gasteiger partial charge in [-0.3, -0.25) is 0 Å². The normalized spacial score (nSPS) is 9.85. The van der Waals surface area contributed by atoms with Gasteiger partial charge in [0.25, 0.3) is 0 Å². The first-order valence-electron chi connectivity index (χ1n) is 5.94. The average Bonchev–Trinajstić information content (AvgIpc) is 2.50. The first kappa shape index (κ1) is 14.2. The lowest BCUT2D eigenvalue weighted by Crippen LogP contribution is -2.21. The topological polar surface area (TPSA) is 90.9 Å². The molecule has 0 saturated carbocycles. The number of nitriles is 1. The Kier molecular flexibility index (Phi) is 4.87. The van der Waals surface area contributed by atoms with Crippen LogP contribution in [0.15, 0.2) is 41.1 Å². The third kappa shape index (κ3) is 3.04. The van der Waals surface area contributed by atoms with E-state index in [2.05, 4.69) is 37.4 Å². The Morgan fingerprint density at radius 1 is 1.30 bits per heavy atom. The van der Waals surface area contributed by atoms with Crippen LogP contribution in [-0.2, 0) is 0 Å². The number of nitrogens with two attached hydrogens (primary N) is 1. The summed E-state index contributed by atoms with van der Waals surface area (Å²) in [4.78, 5) is 10.2. The second-order valence-electron chi connectivity index (χ2n) is 3.90. The van der Waals surface area contributed by atoms with Gasteiger partial charge in [-0.05, 0) is 28.1 Å². The molecule has 0 aliphatic heterocycles. The fourth-order valence-corrected chi connectivity index (χ4v) is 2.31. The second kappa shape index (κ2) is 6.84. The Labute approximate surface area is 125 Å². The maximum Gasteiger partial charge on any atom is 0.159 e. The molecule has 0 aliphatic rings. The molecule has 20 heavy (non-hydrogen) atoms. The molecule has 102 valence electrons. The highest BCUT2D eigenvalue weighted by Crippen LogP contribution is 2.33. The number of nitrogens with zero attached hydrogens (tertiary/aromatic N) is 4. The number of benzene rings is 1. The Hall–Kier alpha value is -2.17. The fraction of sp³-hybridized carbons (Fsp3) is 0.154. The predicted octanol–water partition coefficient (Wildman–Crippen LogP) is 2.58. The van der Waals surface area contributed by atoms with Gasteiger partial charge >= 0.3 is 0 Å². The molecule has 0 radical (unpaired) electrons. The van der Waals surface area contributed by atoms with Crippen LogP contribution < -0.4 is 16.2 Å². The van der Waals surface area contributed by atoms with E-state index in [4.69, 9.17) is 11.1 Å². The summed E-state index contributed by atoms with van der Waals surface area (Å²) in [7, 11) is 0. The molecule has 1 aromatic carbocycles. The van der Waals surface area contributed by atoms with Crippen LogP contribution in [0.25, 0.3) is 0 Å². The molecule has 2 rings (SSSR count). The van der Waals surface area contributed by atoms with Crippen molar-refractivity contribution in [2.24, 2.45) is 5.84 Å². The largest absolute Gasteiger partial charge is 0.324 e. The first-order chi connectivity index (χ1) is 9.77. The van der Waals surface area contributed by atoms with Crippen molar-refractivity contribution in [3.05, 3.63) is 41.1 Å². The van der Waals surface area contributed by atoms with E-state index in [-0.39, 0.29) is 0 Å². The van der Waals surface area contributed by atoms with E-state index in [9.17, 15) is 0 Å². The van der Waals surface area contributed by atoms with Crippen molar-refractivity contribution in [1.29, 1.82) is 5.26 Å². The van der Waals surface area contributed by atoms with Crippen LogP contribution in [0.5, 0.6) is 0 Å². The number of hydrogen-bond acceptors (Lipinski definition) is 6. The van der Waals surface area contributed by atoms with Crippen molar-refractivity contribution >= 4 is 33.3 Å². The molecule has 0 unspecified atom stereocenters. The van der Waals surface area contributed by atoms with E-state index in [1.54, 1.807) is 0 Å². The molecule has 0 fully saturated rings. The van der Waals surface area contributed by atoms with Crippen molar-refractivity contribution in [1.82, 2.24) is 9.97 Å². The summed E-state index contributed by atoms with van der Waals surface area (Å²) >= 11 is 3.44. The first-order valence-corrected chi connectivity index (χ1v) is 6.74. The number of anilines is 3. The van der Waals surface area contributed by atoms with Crippen LogP contribution in [0.4, 0.5) is 17.3 Å². The number of hydrazine groups is 1. The minimum absolute atomic E-state index is 0.386. The Morgan fingerprint density at radius 2 is 2.05 bits per heavy atom. The van der Waals surface area contributed by atoms with Gasteiger partial charge in [0.2, 0.25) is 0 Å². The number of nitrogen functional groups attached to an aromatic ring is 1. The summed E-state index contributed by atoms with van der Waals surface area (Å²) in [5, 5.41) is 8.83. The van der Waals surface area contributed by atoms with Crippen LogP contribution in [0.2, 0.25) is 0 Å². The second-order valence-corrected chi connectivity index (χ2v) is 4.69. The van der Waals surface area contributed by atoms with Crippen LogP contribution in [-0.4, -0.2) is 16.5 Å². The number of para-hydroxylation sites is 1. The number of aromatic nitrogens is 2. The number of halogens is 1. The van der Waals surface area contributed by atoms with Crippen molar-refractivity contribution in [3.8, 4) is 6.07 Å². The van der Waals surface area contributed by atoms with Crippen LogP contribution >= 0.6 is 15.9 Å². The standard InChI is InChI=1S/C13H13BrN6/c14-11-12(19-16)17-9-18-13(11)20(8-4-7-15)10-5-2-1-3-6-10/h1-3,5-6,9H,4,8,16H2,(H,17,18,19). The predicted molar refractivity (Wildman–Crippen MR) is 81.2 cm³/mol. The monoisotopic (exact) mass is 332 g/mol. The molecule has 1 aromatic heterocycles. The van der Waals surface area contributed by atoms with Gasteiger partial charge < -0.3 is 10.3 Å². The molecule has 0 aliphatic carbocycles.